The van der Waals surface area contributed by atoms with Crippen molar-refractivity contribution in [3.8, 4) is 17.3 Å². The molecule has 1 unspecified atom stereocenters. The lowest BCUT2D eigenvalue weighted by Crippen LogP contribution is -2.14. The number of fused-ring (bicyclic) bond motifs is 2. The van der Waals surface area contributed by atoms with Crippen molar-refractivity contribution >= 4 is 27.9 Å². The van der Waals surface area contributed by atoms with Crippen molar-refractivity contribution in [3.63, 3.8) is 0 Å². The summed E-state index contributed by atoms with van der Waals surface area (Å²) in [5.74, 6) is 1.75. The zero-order valence-corrected chi connectivity index (χ0v) is 15.8. The quantitative estimate of drug-likeness (QED) is 0.407. The van der Waals surface area contributed by atoms with Gasteiger partial charge < -0.3 is 15.4 Å². The Bertz CT molecular complexity index is 1340. The highest BCUT2D eigenvalue weighted by molar-refractivity contribution is 5.93. The second-order valence-electron chi connectivity index (χ2n) is 6.73. The van der Waals surface area contributed by atoms with E-state index in [0.29, 0.717) is 34.3 Å². The van der Waals surface area contributed by atoms with Gasteiger partial charge in [-0.2, -0.15) is 0 Å². The Balaban J connectivity index is 1.74. The van der Waals surface area contributed by atoms with Crippen molar-refractivity contribution in [3.05, 3.63) is 54.7 Å². The van der Waals surface area contributed by atoms with Crippen LogP contribution in [0.4, 0.5) is 5.82 Å². The van der Waals surface area contributed by atoms with Gasteiger partial charge in [-0.1, -0.05) is 6.07 Å². The number of imidazole rings is 1. The molecule has 0 radical (unpaired) electrons. The monoisotopic (exact) mass is 386 g/mol. The lowest BCUT2D eigenvalue weighted by molar-refractivity contribution is 0.224. The van der Waals surface area contributed by atoms with Crippen LogP contribution in [0, 0.1) is 6.92 Å². The van der Waals surface area contributed by atoms with E-state index in [1.807, 2.05) is 48.0 Å². The van der Waals surface area contributed by atoms with Gasteiger partial charge in [-0.15, -0.1) is 0 Å². The Hall–Kier alpha value is -3.85. The number of aliphatic hydroxyl groups is 1. The zero-order valence-electron chi connectivity index (χ0n) is 15.8. The maximum Gasteiger partial charge on any atom is 0.182 e. The number of nitrogens with one attached hydrogen (secondary N) is 2. The molecule has 0 aliphatic carbocycles. The molecule has 144 valence electrons. The van der Waals surface area contributed by atoms with Crippen LogP contribution < -0.4 is 5.32 Å². The molecule has 5 aromatic heterocycles. The highest BCUT2D eigenvalue weighted by Crippen LogP contribution is 2.28. The first-order valence-corrected chi connectivity index (χ1v) is 9.16. The molecule has 0 aliphatic rings. The summed E-state index contributed by atoms with van der Waals surface area (Å²) in [6.45, 7) is 3.58. The Morgan fingerprint density at radius 2 is 2.00 bits per heavy atom. The van der Waals surface area contributed by atoms with Gasteiger partial charge in [0.05, 0.1) is 11.8 Å². The minimum Gasteiger partial charge on any atom is -0.374 e. The first kappa shape index (κ1) is 17.3. The van der Waals surface area contributed by atoms with Crippen molar-refractivity contribution in [2.24, 2.45) is 0 Å². The highest BCUT2D eigenvalue weighted by Gasteiger charge is 2.17. The Morgan fingerprint density at radius 1 is 1.10 bits per heavy atom. The molecule has 9 nitrogen and oxygen atoms in total. The summed E-state index contributed by atoms with van der Waals surface area (Å²) in [7, 11) is 0. The van der Waals surface area contributed by atoms with E-state index in [4.69, 9.17) is 4.98 Å². The van der Waals surface area contributed by atoms with E-state index in [0.717, 1.165) is 16.6 Å². The fourth-order valence-corrected chi connectivity index (χ4v) is 3.33. The maximum atomic E-state index is 9.69. The van der Waals surface area contributed by atoms with Gasteiger partial charge in [0.15, 0.2) is 22.8 Å². The molecular weight excluding hydrogens is 368 g/mol. The van der Waals surface area contributed by atoms with Crippen LogP contribution in [0.25, 0.3) is 39.4 Å². The first-order valence-electron chi connectivity index (χ1n) is 9.16. The lowest BCUT2D eigenvalue weighted by atomic mass is 10.3. The molecule has 0 saturated carbocycles. The lowest BCUT2D eigenvalue weighted by Gasteiger charge is -2.11. The van der Waals surface area contributed by atoms with Crippen LogP contribution >= 0.6 is 0 Å². The van der Waals surface area contributed by atoms with E-state index < -0.39 is 6.23 Å². The van der Waals surface area contributed by atoms with Crippen LogP contribution in [0.15, 0.2) is 49.1 Å². The molecule has 0 fully saturated rings. The molecule has 0 aromatic carbocycles. The van der Waals surface area contributed by atoms with E-state index >= 15 is 0 Å². The molecule has 5 aromatic rings. The fraction of sp³-hybridized carbons (Fsp3) is 0.150. The normalized spacial score (nSPS) is 12.5. The summed E-state index contributed by atoms with van der Waals surface area (Å²) >= 11 is 0. The second-order valence-corrected chi connectivity index (χ2v) is 6.73. The molecule has 29 heavy (non-hydrogen) atoms. The average Bonchev–Trinajstić information content (AvgIpc) is 3.34. The smallest absolute Gasteiger partial charge is 0.182 e. The van der Waals surface area contributed by atoms with Crippen LogP contribution in [-0.4, -0.2) is 45.8 Å². The van der Waals surface area contributed by atoms with E-state index in [9.17, 15) is 5.11 Å². The van der Waals surface area contributed by atoms with E-state index in [-0.39, 0.29) is 0 Å². The number of aromatic amines is 1. The van der Waals surface area contributed by atoms with E-state index in [1.165, 1.54) is 0 Å². The van der Waals surface area contributed by atoms with Crippen LogP contribution in [0.2, 0.25) is 0 Å². The summed E-state index contributed by atoms with van der Waals surface area (Å²) in [6.07, 6.45) is 4.48. The summed E-state index contributed by atoms with van der Waals surface area (Å²) in [6, 6.07) is 9.58. The fourth-order valence-electron chi connectivity index (χ4n) is 3.33. The zero-order chi connectivity index (χ0) is 20.0. The molecule has 9 heteroatoms. The molecular formula is C20H18N8O. The third-order valence-electron chi connectivity index (χ3n) is 4.57. The SMILES string of the molecule is Cc1cccc(-c2nc(-n3ccc4c(NC(C)O)nccc43)c3nc[nH]c3n2)n1. The molecule has 0 saturated heterocycles. The van der Waals surface area contributed by atoms with Gasteiger partial charge >= 0.3 is 0 Å². The molecule has 1 atom stereocenters. The number of nitrogens with zero attached hydrogens (tertiary/aromatic N) is 6. The number of hydrogen-bond acceptors (Lipinski definition) is 7. The third-order valence-corrected chi connectivity index (χ3v) is 4.57. The number of aliphatic hydroxyl groups excluding tert-OH is 1. The Kier molecular flexibility index (Phi) is 3.95. The number of aryl methyl sites for hydroxylation is 1. The first-order chi connectivity index (χ1) is 14.1. The number of hydrogen-bond donors (Lipinski definition) is 3. The summed E-state index contributed by atoms with van der Waals surface area (Å²) in [5, 5.41) is 13.5. The van der Waals surface area contributed by atoms with Crippen molar-refractivity contribution in [1.29, 1.82) is 0 Å². The van der Waals surface area contributed by atoms with Crippen molar-refractivity contribution < 1.29 is 5.11 Å². The molecule has 5 rings (SSSR count). The predicted molar refractivity (Wildman–Crippen MR) is 110 cm³/mol. The third kappa shape index (κ3) is 2.97. The van der Waals surface area contributed by atoms with Gasteiger partial charge in [-0.25, -0.2) is 24.9 Å². The van der Waals surface area contributed by atoms with Gasteiger partial charge in [-0.05, 0) is 38.1 Å². The number of rotatable bonds is 4. The largest absolute Gasteiger partial charge is 0.374 e. The Labute approximate surface area is 165 Å². The standard InChI is InChI=1S/C20H18N8O/c1-11-4-3-5-14(24-11)18-26-19-16(22-10-23-19)20(27-18)28-9-7-13-15(28)6-8-21-17(13)25-12(2)29/h3-10,12,29H,1-2H3,(H,21,25)(H,22,23,26,27). The molecule has 0 bridgehead atoms. The molecule has 0 amide bonds. The van der Waals surface area contributed by atoms with Gasteiger partial charge in [0.1, 0.15) is 17.7 Å². The average molecular weight is 386 g/mol. The van der Waals surface area contributed by atoms with Gasteiger partial charge in [-0.3, -0.25) is 4.57 Å². The van der Waals surface area contributed by atoms with Crippen LogP contribution in [0.1, 0.15) is 12.6 Å². The van der Waals surface area contributed by atoms with Gasteiger partial charge in [0, 0.05) is 23.5 Å². The summed E-state index contributed by atoms with van der Waals surface area (Å²) in [5.41, 5.74) is 3.75. The maximum absolute atomic E-state index is 9.69. The minimum atomic E-state index is -0.715. The minimum absolute atomic E-state index is 0.513. The molecule has 0 spiro atoms. The summed E-state index contributed by atoms with van der Waals surface area (Å²) in [4.78, 5) is 25.7. The highest BCUT2D eigenvalue weighted by atomic mass is 16.3. The van der Waals surface area contributed by atoms with Crippen molar-refractivity contribution in [2.75, 3.05) is 5.32 Å². The number of anilines is 1. The van der Waals surface area contributed by atoms with Gasteiger partial charge in [0.25, 0.3) is 0 Å². The molecule has 0 aliphatic heterocycles. The number of aromatic nitrogens is 7. The topological polar surface area (TPSA) is 117 Å². The molecule has 5 heterocycles. The molecule has 3 N–H and O–H groups in total. The predicted octanol–water partition coefficient (Wildman–Crippen LogP) is 2.81. The van der Waals surface area contributed by atoms with Crippen LogP contribution in [0.5, 0.6) is 0 Å². The van der Waals surface area contributed by atoms with Gasteiger partial charge in [0.2, 0.25) is 0 Å². The number of pyridine rings is 2. The van der Waals surface area contributed by atoms with Crippen molar-refractivity contribution in [1.82, 2.24) is 34.5 Å². The van der Waals surface area contributed by atoms with Crippen LogP contribution in [0.3, 0.4) is 0 Å². The Morgan fingerprint density at radius 3 is 2.83 bits per heavy atom. The van der Waals surface area contributed by atoms with E-state index in [2.05, 4.69) is 30.2 Å². The van der Waals surface area contributed by atoms with Crippen molar-refractivity contribution in [2.45, 2.75) is 20.1 Å². The number of H-pyrrole nitrogens is 1. The van der Waals surface area contributed by atoms with E-state index in [1.54, 1.807) is 19.4 Å². The van der Waals surface area contributed by atoms with Crippen LogP contribution in [-0.2, 0) is 0 Å². The summed E-state index contributed by atoms with van der Waals surface area (Å²) < 4.78 is 1.94. The second kappa shape index (κ2) is 6.64.